The molecule has 0 saturated heterocycles. The Morgan fingerprint density at radius 3 is 1.10 bits per heavy atom. The highest BCUT2D eigenvalue weighted by atomic mass is 19.4. The van der Waals surface area contributed by atoms with Crippen LogP contribution >= 0.6 is 0 Å². The first-order valence-electron chi connectivity index (χ1n) is 40.8. The van der Waals surface area contributed by atoms with E-state index in [9.17, 15) is 65.9 Å². The number of nitrogens with one attached hydrogen (secondary N) is 9. The molecule has 9 N–H and O–H groups in total. The Labute approximate surface area is 712 Å². The molecule has 22 nitrogen and oxygen atoms in total. The summed E-state index contributed by atoms with van der Waals surface area (Å²) in [6, 6.07) is 42.5. The quantitative estimate of drug-likeness (QED) is 0.0383. The second-order valence-corrected chi connectivity index (χ2v) is 30.4. The average molecular weight is 1750 g/mol. The van der Waals surface area contributed by atoms with E-state index >= 15 is 0 Å². The van der Waals surface area contributed by atoms with Crippen molar-refractivity contribution >= 4 is 90.2 Å². The Morgan fingerprint density at radius 1 is 0.299 bits per heavy atom. The molecule has 0 atom stereocenters. The third-order valence-electron chi connectivity index (χ3n) is 22.0. The third-order valence-corrected chi connectivity index (χ3v) is 22.0. The number of nitrogens with zero attached hydrogens (tertiary/aromatic N) is 12. The molecule has 0 unspecified atom stereocenters. The first-order valence-corrected chi connectivity index (χ1v) is 40.8. The van der Waals surface area contributed by atoms with Gasteiger partial charge in [0.25, 0.3) is 0 Å². The van der Waals surface area contributed by atoms with E-state index in [0.717, 1.165) is 145 Å². The third kappa shape index (κ3) is 19.0. The van der Waals surface area contributed by atoms with Gasteiger partial charge in [-0.05, 0) is 168 Å². The van der Waals surface area contributed by atoms with Gasteiger partial charge in [0, 0.05) is 97.1 Å². The molecule has 8 aromatic heterocycles. The molecule has 0 radical (unpaired) electrons. The average Bonchev–Trinajstić information content (AvgIpc) is 1.68. The molecule has 0 fully saturated rings. The van der Waals surface area contributed by atoms with Gasteiger partial charge in [-0.1, -0.05) is 104 Å². The number of hydrogen-bond acceptors (Lipinski definition) is 18. The normalized spacial score (nSPS) is 14.1. The van der Waals surface area contributed by atoms with Crippen LogP contribution in [0, 0.1) is 17.5 Å². The van der Waals surface area contributed by atoms with E-state index in [1.807, 2.05) is 24.3 Å². The lowest BCUT2D eigenvalue weighted by Gasteiger charge is -2.21. The fraction of sp³-hybridized carbons (Fsp3) is 0.244. The van der Waals surface area contributed by atoms with Crippen LogP contribution in [-0.2, 0) is 70.0 Å². The SMILES string of the molecule is FC(F)(F)c1ccccc1-c1nc2c(c(Nc3n[nH]c4ccccc34)n1)CCCCC2.Fc1ccc2[nH]nc(Nc3nc(-c4ccccc4C(F)(F)F)nc4c3CNCC4)c2c1.Fc1ccc2[nH]nc(Nc3nc(-c4ccccc4OC(F)(F)F)nc4c3CCCCC4)c2c1.Fc1cccc2c(Nc3nc(-c4ccccc4C(F)(F)F)nc4c3CCCCC4)n[nH]c12. The summed E-state index contributed by atoms with van der Waals surface area (Å²) in [5.41, 5.74) is 6.41. The molecule has 127 heavy (non-hydrogen) atoms. The van der Waals surface area contributed by atoms with E-state index in [1.165, 1.54) is 97.1 Å². The summed E-state index contributed by atoms with van der Waals surface area (Å²) in [4.78, 5) is 36.3. The van der Waals surface area contributed by atoms with Gasteiger partial charge in [-0.25, -0.2) is 53.0 Å². The zero-order valence-corrected chi connectivity index (χ0v) is 66.9. The Morgan fingerprint density at radius 2 is 0.654 bits per heavy atom. The van der Waals surface area contributed by atoms with Crippen LogP contribution in [0.15, 0.2) is 176 Å². The minimum atomic E-state index is -4.85. The van der Waals surface area contributed by atoms with Gasteiger partial charge in [0.2, 0.25) is 0 Å². The van der Waals surface area contributed by atoms with Crippen molar-refractivity contribution < 1.29 is 70.6 Å². The van der Waals surface area contributed by atoms with Crippen LogP contribution in [0.1, 0.15) is 120 Å². The Kier molecular flexibility index (Phi) is 24.0. The van der Waals surface area contributed by atoms with E-state index in [4.69, 9.17) is 0 Å². The molecule has 650 valence electrons. The summed E-state index contributed by atoms with van der Waals surface area (Å²) in [6.07, 6.45) is -4.91. The van der Waals surface area contributed by atoms with Gasteiger partial charge < -0.3 is 31.3 Å². The Balaban J connectivity index is 0.000000119. The molecule has 1 aliphatic heterocycles. The molecule has 0 spiro atoms. The number of aromatic nitrogens is 16. The fourth-order valence-corrected chi connectivity index (χ4v) is 16.0. The zero-order chi connectivity index (χ0) is 88.3. The number of aromatic amines is 4. The standard InChI is InChI=1S/C23H19F4N5O.C23H19F4N5.C23H20F3N5.C21H16F4N6/c24-13-10-11-18-16(12-13)22(32-31-18)30-20-14-6-2-1-3-8-17(14)28-21(29-20)15-7-4-5-9-19(15)33-23(25,26)27;24-17-11-6-9-15-19(17)31-32-22(15)30-21-14-8-2-1-3-12-18(14)28-20(29-21)13-7-4-5-10-16(13)23(25,26)27;24-23(25,26)17-11-6-4-8-14(17)20-27-18-12-3-1-2-9-15(18)21(28-20)29-22-16-10-5-7-13-19(16)30-31-22;22-11-5-6-17-13(9-11)20(31-30-17)29-19-14-10-26-8-7-16(14)27-18(28-19)12-3-1-2-4-15(12)21(23,24)25/h4-5,7,9-12H,1-3,6,8H2,(H2,28,29,30,31,32);4-7,9-11H,1-3,8,12H2,(H2,28,29,30,31,32);4-8,10-11,13H,1-3,9,12H2,(H2,27,28,29,30,31);1-6,9,26H,7-8,10H2,(H2,27,28,29,30,31). The predicted octanol–water partition coefficient (Wildman–Crippen LogP) is 22.9. The van der Waals surface area contributed by atoms with Crippen LogP contribution in [0.25, 0.3) is 89.2 Å². The van der Waals surface area contributed by atoms with Crippen molar-refractivity contribution in [1.29, 1.82) is 0 Å². The Bertz CT molecular complexity index is 6740. The molecule has 37 heteroatoms. The van der Waals surface area contributed by atoms with Crippen molar-refractivity contribution in [3.05, 3.63) is 255 Å². The minimum absolute atomic E-state index is 0.00657. The number of rotatable bonds is 13. The number of alkyl halides is 12. The molecule has 3 aliphatic carbocycles. The van der Waals surface area contributed by atoms with E-state index in [0.29, 0.717) is 118 Å². The summed E-state index contributed by atoms with van der Waals surface area (Å²) in [5, 5.41) is 46.5. The maximum Gasteiger partial charge on any atom is 0.573 e. The topological polar surface area (TPSA) is 287 Å². The van der Waals surface area contributed by atoms with Crippen LogP contribution < -0.4 is 31.3 Å². The van der Waals surface area contributed by atoms with Crippen LogP contribution in [0.3, 0.4) is 0 Å². The van der Waals surface area contributed by atoms with Gasteiger partial charge in [0.05, 0.1) is 44.5 Å². The lowest BCUT2D eigenvalue weighted by atomic mass is 10.0. The van der Waals surface area contributed by atoms with Gasteiger partial charge in [0.15, 0.2) is 46.6 Å². The van der Waals surface area contributed by atoms with Gasteiger partial charge >= 0.3 is 24.9 Å². The number of ether oxygens (including phenoxy) is 1. The summed E-state index contributed by atoms with van der Waals surface area (Å²) in [5.74, 6) is 1.88. The van der Waals surface area contributed by atoms with Crippen molar-refractivity contribution in [2.24, 2.45) is 0 Å². The summed E-state index contributed by atoms with van der Waals surface area (Å²) >= 11 is 0. The van der Waals surface area contributed by atoms with Crippen molar-refractivity contribution in [3.8, 4) is 51.3 Å². The molecule has 20 rings (SSSR count). The van der Waals surface area contributed by atoms with Crippen LogP contribution in [0.5, 0.6) is 5.75 Å². The van der Waals surface area contributed by atoms with E-state index in [2.05, 4.69) is 112 Å². The first-order chi connectivity index (χ1) is 61.2. The molecule has 4 aliphatic rings. The number of anilines is 8. The molecular formula is C90H74F15N21O. The molecule has 16 aromatic rings. The van der Waals surface area contributed by atoms with Gasteiger partial charge in [-0.15, -0.1) is 13.2 Å². The fourth-order valence-electron chi connectivity index (χ4n) is 16.0. The second kappa shape index (κ2) is 35.8. The number of aryl methyl sites for hydroxylation is 3. The number of halogens is 15. The molecule has 0 amide bonds. The van der Waals surface area contributed by atoms with Gasteiger partial charge in [-0.3, -0.25) is 20.4 Å². The number of para-hydroxylation sites is 3. The highest BCUT2D eigenvalue weighted by Crippen LogP contribution is 2.44. The molecule has 0 saturated carbocycles. The highest BCUT2D eigenvalue weighted by molar-refractivity contribution is 5.95. The summed E-state index contributed by atoms with van der Waals surface area (Å²) in [7, 11) is 0. The maximum absolute atomic E-state index is 14.1. The van der Waals surface area contributed by atoms with Crippen molar-refractivity contribution in [2.45, 2.75) is 134 Å². The summed E-state index contributed by atoms with van der Waals surface area (Å²) < 4.78 is 207. The van der Waals surface area contributed by atoms with Crippen LogP contribution in [-0.4, -0.2) is 93.6 Å². The highest BCUT2D eigenvalue weighted by Gasteiger charge is 2.39. The van der Waals surface area contributed by atoms with Crippen LogP contribution in [0.4, 0.5) is 112 Å². The maximum atomic E-state index is 14.1. The number of benzene rings is 8. The molecule has 0 bridgehead atoms. The molecule has 8 aromatic carbocycles. The summed E-state index contributed by atoms with van der Waals surface area (Å²) in [6.45, 7) is 1.11. The van der Waals surface area contributed by atoms with Gasteiger partial charge in [0.1, 0.15) is 52.0 Å². The molecule has 9 heterocycles. The number of H-pyrrole nitrogens is 4. The monoisotopic (exact) mass is 1750 g/mol. The van der Waals surface area contributed by atoms with Crippen molar-refractivity contribution in [2.75, 3.05) is 27.8 Å². The Hall–Kier alpha value is -14.1. The van der Waals surface area contributed by atoms with Gasteiger partial charge in [-0.2, -0.15) is 59.9 Å². The van der Waals surface area contributed by atoms with E-state index in [-0.39, 0.29) is 56.8 Å². The zero-order valence-electron chi connectivity index (χ0n) is 66.9. The van der Waals surface area contributed by atoms with Crippen molar-refractivity contribution in [3.63, 3.8) is 0 Å². The first kappa shape index (κ1) is 85.1. The number of hydrogen-bond donors (Lipinski definition) is 9. The number of fused-ring (bicyclic) bond motifs is 8. The smallest absolute Gasteiger partial charge is 0.405 e. The van der Waals surface area contributed by atoms with Crippen molar-refractivity contribution in [1.82, 2.24) is 86.0 Å². The lowest BCUT2D eigenvalue weighted by molar-refractivity contribution is -0.274. The molecular weight excluding hydrogens is 1680 g/mol. The largest absolute Gasteiger partial charge is 0.573 e. The van der Waals surface area contributed by atoms with E-state index in [1.54, 1.807) is 36.4 Å². The van der Waals surface area contributed by atoms with Crippen LogP contribution in [0.2, 0.25) is 0 Å². The lowest BCUT2D eigenvalue weighted by Crippen LogP contribution is -2.26. The predicted molar refractivity (Wildman–Crippen MR) is 448 cm³/mol. The minimum Gasteiger partial charge on any atom is -0.405 e. The van der Waals surface area contributed by atoms with E-state index < -0.39 is 59.0 Å². The second-order valence-electron chi connectivity index (χ2n) is 30.4.